The van der Waals surface area contributed by atoms with Gasteiger partial charge in [0.15, 0.2) is 11.6 Å². The number of anilines is 1. The lowest BCUT2D eigenvalue weighted by Crippen LogP contribution is -2.44. The number of halogens is 2. The minimum absolute atomic E-state index is 0.0679. The van der Waals surface area contributed by atoms with Gasteiger partial charge in [-0.05, 0) is 37.1 Å². The topological polar surface area (TPSA) is 95.8 Å². The molecule has 1 aliphatic rings. The molecule has 1 amide bonds. The summed E-state index contributed by atoms with van der Waals surface area (Å²) in [5.41, 5.74) is -0.0984. The molecule has 1 aliphatic heterocycles. The zero-order valence-corrected chi connectivity index (χ0v) is 14.3. The zero-order valence-electron chi connectivity index (χ0n) is 14.3. The van der Waals surface area contributed by atoms with Gasteiger partial charge in [0.2, 0.25) is 11.8 Å². The standard InChI is InChI=1S/C18H18F2N4O3/c19-13-7-6-11(9-14(13)20)17(26)24-18(21-12-3-2-8-27-10-12)23-15-4-1-5-16(25)22-15/h1,4-7,9,12H,2-3,8,10H2,(H3,21,22,23,24,25,26). The lowest BCUT2D eigenvalue weighted by molar-refractivity contribution is 0.0763. The van der Waals surface area contributed by atoms with Crippen molar-refractivity contribution in [3.63, 3.8) is 0 Å². The first-order valence-electron chi connectivity index (χ1n) is 8.36. The molecule has 2 heterocycles. The van der Waals surface area contributed by atoms with E-state index in [0.717, 1.165) is 31.0 Å². The number of nitrogens with one attached hydrogen (secondary N) is 2. The van der Waals surface area contributed by atoms with Gasteiger partial charge in [0.1, 0.15) is 5.82 Å². The smallest absolute Gasteiger partial charge is 0.280 e. The number of pyridine rings is 1. The Morgan fingerprint density at radius 2 is 2.11 bits per heavy atom. The Hall–Kier alpha value is -3.07. The van der Waals surface area contributed by atoms with Crippen LogP contribution in [-0.2, 0) is 4.74 Å². The Labute approximate surface area is 154 Å². The maximum Gasteiger partial charge on any atom is 0.280 e. The fourth-order valence-electron chi connectivity index (χ4n) is 2.55. The van der Waals surface area contributed by atoms with E-state index in [2.05, 4.69) is 20.6 Å². The average molecular weight is 376 g/mol. The number of guanidine groups is 1. The molecule has 0 saturated carbocycles. The minimum atomic E-state index is -1.13. The van der Waals surface area contributed by atoms with Crippen LogP contribution in [0.3, 0.4) is 0 Å². The molecule has 1 atom stereocenters. The van der Waals surface area contributed by atoms with Gasteiger partial charge in [-0.1, -0.05) is 6.07 Å². The molecule has 1 saturated heterocycles. The van der Waals surface area contributed by atoms with Crippen molar-refractivity contribution < 1.29 is 23.4 Å². The van der Waals surface area contributed by atoms with Crippen molar-refractivity contribution in [1.82, 2.24) is 10.3 Å². The monoisotopic (exact) mass is 376 g/mol. The predicted molar refractivity (Wildman–Crippen MR) is 94.6 cm³/mol. The number of ether oxygens (including phenoxy) is 1. The number of carbonyl (C=O) groups is 1. The fourth-order valence-corrected chi connectivity index (χ4v) is 2.55. The summed E-state index contributed by atoms with van der Waals surface area (Å²) in [4.78, 5) is 20.2. The molecule has 0 spiro atoms. The van der Waals surface area contributed by atoms with Gasteiger partial charge in [0.05, 0.1) is 12.6 Å². The number of carbonyl (C=O) groups excluding carboxylic acids is 1. The molecule has 3 N–H and O–H groups in total. The molecular weight excluding hydrogens is 358 g/mol. The first-order valence-corrected chi connectivity index (χ1v) is 8.36. The van der Waals surface area contributed by atoms with E-state index in [1.54, 1.807) is 12.1 Å². The SMILES string of the molecule is O=C(/N=C(\Nc1cccc(O)n1)NC1CCCOC1)c1ccc(F)c(F)c1. The Bertz CT molecular complexity index is 854. The number of hydrogen-bond donors (Lipinski definition) is 3. The zero-order chi connectivity index (χ0) is 19.2. The molecule has 1 aromatic carbocycles. The highest BCUT2D eigenvalue weighted by molar-refractivity contribution is 6.06. The van der Waals surface area contributed by atoms with Crippen LogP contribution in [0.1, 0.15) is 23.2 Å². The first-order chi connectivity index (χ1) is 13.0. The van der Waals surface area contributed by atoms with E-state index in [-0.39, 0.29) is 29.3 Å². The molecule has 1 fully saturated rings. The number of amides is 1. The molecule has 1 aromatic heterocycles. The number of aromatic hydroxyl groups is 1. The van der Waals surface area contributed by atoms with E-state index in [1.165, 1.54) is 6.07 Å². The summed E-state index contributed by atoms with van der Waals surface area (Å²) in [6, 6.07) is 7.27. The summed E-state index contributed by atoms with van der Waals surface area (Å²) in [5, 5.41) is 15.4. The molecule has 27 heavy (non-hydrogen) atoms. The summed E-state index contributed by atoms with van der Waals surface area (Å²) in [6.07, 6.45) is 1.67. The Balaban J connectivity index is 1.83. The van der Waals surface area contributed by atoms with E-state index in [1.807, 2.05) is 0 Å². The Morgan fingerprint density at radius 3 is 2.81 bits per heavy atom. The number of aromatic nitrogens is 1. The van der Waals surface area contributed by atoms with Crippen LogP contribution in [0.2, 0.25) is 0 Å². The van der Waals surface area contributed by atoms with Gasteiger partial charge >= 0.3 is 0 Å². The maximum atomic E-state index is 13.4. The average Bonchev–Trinajstić information content (AvgIpc) is 2.64. The van der Waals surface area contributed by atoms with Gasteiger partial charge in [0.25, 0.3) is 5.91 Å². The lowest BCUT2D eigenvalue weighted by Gasteiger charge is -2.25. The van der Waals surface area contributed by atoms with Crippen LogP contribution in [0.5, 0.6) is 5.88 Å². The van der Waals surface area contributed by atoms with Crippen LogP contribution in [0, 0.1) is 11.6 Å². The molecule has 3 rings (SSSR count). The van der Waals surface area contributed by atoms with Gasteiger partial charge in [-0.2, -0.15) is 9.98 Å². The van der Waals surface area contributed by atoms with Gasteiger partial charge in [-0.3, -0.25) is 4.79 Å². The van der Waals surface area contributed by atoms with Crippen LogP contribution >= 0.6 is 0 Å². The van der Waals surface area contributed by atoms with Crippen molar-refractivity contribution in [3.8, 4) is 5.88 Å². The summed E-state index contributed by atoms with van der Waals surface area (Å²) in [7, 11) is 0. The molecular formula is C18H18F2N4O3. The van der Waals surface area contributed by atoms with Crippen LogP contribution in [0.15, 0.2) is 41.4 Å². The fraction of sp³-hybridized carbons (Fsp3) is 0.278. The molecule has 0 aliphatic carbocycles. The maximum absolute atomic E-state index is 13.4. The van der Waals surface area contributed by atoms with Gasteiger partial charge in [-0.25, -0.2) is 8.78 Å². The minimum Gasteiger partial charge on any atom is -0.493 e. The van der Waals surface area contributed by atoms with Gasteiger partial charge in [0, 0.05) is 18.2 Å². The van der Waals surface area contributed by atoms with Crippen molar-refractivity contribution in [2.75, 3.05) is 18.5 Å². The van der Waals surface area contributed by atoms with Crippen LogP contribution in [0.25, 0.3) is 0 Å². The van der Waals surface area contributed by atoms with Gasteiger partial charge in [-0.15, -0.1) is 0 Å². The van der Waals surface area contributed by atoms with Crippen molar-refractivity contribution in [2.45, 2.75) is 18.9 Å². The lowest BCUT2D eigenvalue weighted by atomic mass is 10.1. The normalized spacial score (nSPS) is 17.4. The summed E-state index contributed by atoms with van der Waals surface area (Å²) >= 11 is 0. The third-order valence-corrected chi connectivity index (χ3v) is 3.86. The third kappa shape index (κ3) is 5.20. The number of nitrogens with zero attached hydrogens (tertiary/aromatic N) is 2. The molecule has 0 bridgehead atoms. The Morgan fingerprint density at radius 1 is 1.26 bits per heavy atom. The quantitative estimate of drug-likeness (QED) is 0.563. The summed E-state index contributed by atoms with van der Waals surface area (Å²) in [6.45, 7) is 1.10. The van der Waals surface area contributed by atoms with Crippen molar-refractivity contribution in [3.05, 3.63) is 53.6 Å². The second-order valence-electron chi connectivity index (χ2n) is 5.96. The van der Waals surface area contributed by atoms with Crippen LogP contribution in [-0.4, -0.2) is 41.2 Å². The number of hydrogen-bond acceptors (Lipinski definition) is 4. The van der Waals surface area contributed by atoms with E-state index < -0.39 is 17.5 Å². The summed E-state index contributed by atoms with van der Waals surface area (Å²) in [5.74, 6) is -2.81. The summed E-state index contributed by atoms with van der Waals surface area (Å²) < 4.78 is 31.8. The van der Waals surface area contributed by atoms with Crippen LogP contribution in [0.4, 0.5) is 14.6 Å². The Kier molecular flexibility index (Phi) is 5.92. The van der Waals surface area contributed by atoms with E-state index in [9.17, 15) is 18.7 Å². The number of rotatable bonds is 3. The van der Waals surface area contributed by atoms with E-state index in [4.69, 9.17) is 4.74 Å². The highest BCUT2D eigenvalue weighted by Crippen LogP contribution is 2.12. The first kappa shape index (κ1) is 18.7. The second-order valence-corrected chi connectivity index (χ2v) is 5.96. The highest BCUT2D eigenvalue weighted by atomic mass is 19.2. The molecule has 9 heteroatoms. The van der Waals surface area contributed by atoms with Gasteiger partial charge < -0.3 is 20.5 Å². The molecule has 0 radical (unpaired) electrons. The molecule has 7 nitrogen and oxygen atoms in total. The number of aliphatic imine (C=N–C) groups is 1. The van der Waals surface area contributed by atoms with Crippen molar-refractivity contribution in [1.29, 1.82) is 0 Å². The second kappa shape index (κ2) is 8.54. The van der Waals surface area contributed by atoms with E-state index >= 15 is 0 Å². The van der Waals surface area contributed by atoms with Crippen molar-refractivity contribution >= 4 is 17.7 Å². The largest absolute Gasteiger partial charge is 0.493 e. The van der Waals surface area contributed by atoms with E-state index in [0.29, 0.717) is 13.2 Å². The molecule has 142 valence electrons. The highest BCUT2D eigenvalue weighted by Gasteiger charge is 2.17. The van der Waals surface area contributed by atoms with Crippen LogP contribution < -0.4 is 10.6 Å². The molecule has 1 unspecified atom stereocenters. The van der Waals surface area contributed by atoms with Crippen molar-refractivity contribution in [2.24, 2.45) is 4.99 Å². The predicted octanol–water partition coefficient (Wildman–Crippen LogP) is 2.44. The number of benzene rings is 1. The molecule has 2 aromatic rings. The third-order valence-electron chi connectivity index (χ3n) is 3.86.